The predicted octanol–water partition coefficient (Wildman–Crippen LogP) is 4.52. The summed E-state index contributed by atoms with van der Waals surface area (Å²) >= 11 is 0. The molecule has 0 saturated heterocycles. The number of rotatable bonds is 1. The average Bonchev–Trinajstić information content (AvgIpc) is 2.35. The van der Waals surface area contributed by atoms with Gasteiger partial charge in [-0.1, -0.05) is 47.1 Å². The summed E-state index contributed by atoms with van der Waals surface area (Å²) in [5, 5.41) is 21.3. The van der Waals surface area contributed by atoms with Crippen LogP contribution < -0.4 is 0 Å². The van der Waals surface area contributed by atoms with E-state index in [1.165, 1.54) is 24.0 Å². The Morgan fingerprint density at radius 3 is 2.45 bits per heavy atom. The lowest BCUT2D eigenvalue weighted by Crippen LogP contribution is -2.54. The van der Waals surface area contributed by atoms with Crippen molar-refractivity contribution in [3.05, 3.63) is 28.8 Å². The van der Waals surface area contributed by atoms with E-state index in [-0.39, 0.29) is 22.9 Å². The number of hydrogen-bond donors (Lipinski definition) is 2. The van der Waals surface area contributed by atoms with Crippen LogP contribution in [0.3, 0.4) is 0 Å². The molecule has 2 nitrogen and oxygen atoms in total. The maximum absolute atomic E-state index is 11.0. The molecular weight excluding hydrogens is 272 g/mol. The van der Waals surface area contributed by atoms with Crippen LogP contribution in [0.4, 0.5) is 0 Å². The second-order valence-corrected chi connectivity index (χ2v) is 8.69. The van der Waals surface area contributed by atoms with Crippen LogP contribution in [-0.2, 0) is 11.8 Å². The molecule has 2 aliphatic carbocycles. The fourth-order valence-corrected chi connectivity index (χ4v) is 5.71. The summed E-state index contributed by atoms with van der Waals surface area (Å²) < 4.78 is 0. The van der Waals surface area contributed by atoms with Gasteiger partial charge in [-0.25, -0.2) is 0 Å². The van der Waals surface area contributed by atoms with Crippen LogP contribution >= 0.6 is 0 Å². The third-order valence-electron chi connectivity index (χ3n) is 6.37. The van der Waals surface area contributed by atoms with Crippen molar-refractivity contribution in [3.8, 4) is 5.75 Å². The fraction of sp³-hybridized carbons (Fsp3) is 0.700. The van der Waals surface area contributed by atoms with Crippen molar-refractivity contribution in [2.24, 2.45) is 11.3 Å². The van der Waals surface area contributed by atoms with E-state index in [4.69, 9.17) is 0 Å². The molecule has 122 valence electrons. The maximum atomic E-state index is 11.0. The molecule has 2 N–H and O–H groups in total. The van der Waals surface area contributed by atoms with Gasteiger partial charge < -0.3 is 10.2 Å². The highest BCUT2D eigenvalue weighted by atomic mass is 16.3. The van der Waals surface area contributed by atoms with Crippen LogP contribution in [0.2, 0.25) is 0 Å². The van der Waals surface area contributed by atoms with Crippen LogP contribution in [0.1, 0.15) is 76.5 Å². The first-order valence-corrected chi connectivity index (χ1v) is 8.72. The quantitative estimate of drug-likeness (QED) is 0.801. The summed E-state index contributed by atoms with van der Waals surface area (Å²) in [5.74, 6) is 0.961. The molecule has 0 amide bonds. The first-order valence-electron chi connectivity index (χ1n) is 8.72. The Labute approximate surface area is 134 Å². The van der Waals surface area contributed by atoms with Crippen molar-refractivity contribution < 1.29 is 10.2 Å². The summed E-state index contributed by atoms with van der Waals surface area (Å²) in [6.45, 7) is 11.2. The highest BCUT2D eigenvalue weighted by molar-refractivity contribution is 5.51. The molecule has 2 heteroatoms. The van der Waals surface area contributed by atoms with Crippen LogP contribution in [0.15, 0.2) is 12.1 Å². The Morgan fingerprint density at radius 2 is 1.82 bits per heavy atom. The van der Waals surface area contributed by atoms with Gasteiger partial charge in [-0.05, 0) is 64.7 Å². The van der Waals surface area contributed by atoms with E-state index < -0.39 is 0 Å². The summed E-state index contributed by atoms with van der Waals surface area (Å²) in [6.07, 6.45) is 3.90. The van der Waals surface area contributed by atoms with E-state index in [0.29, 0.717) is 18.1 Å². The standard InChI is InChI=1S/C20H30O2/c1-12(2)17-13-11-16(22)18-19(3,4)9-6-10-20(18,5)14(13)7-8-15(17)21/h7-8,12,16,18,21-22H,6,9-11H2,1-5H3. The Kier molecular flexibility index (Phi) is 3.60. The van der Waals surface area contributed by atoms with E-state index in [1.807, 2.05) is 6.07 Å². The second-order valence-electron chi connectivity index (χ2n) is 8.69. The molecule has 1 aromatic rings. The molecule has 0 aliphatic heterocycles. The van der Waals surface area contributed by atoms with Crippen LogP contribution in [0.5, 0.6) is 5.75 Å². The number of hydrogen-bond acceptors (Lipinski definition) is 2. The lowest BCUT2D eigenvalue weighted by atomic mass is 9.49. The van der Waals surface area contributed by atoms with Crippen LogP contribution in [0.25, 0.3) is 0 Å². The Morgan fingerprint density at radius 1 is 1.14 bits per heavy atom. The molecule has 1 saturated carbocycles. The number of benzene rings is 1. The minimum Gasteiger partial charge on any atom is -0.508 e. The molecule has 0 radical (unpaired) electrons. The van der Waals surface area contributed by atoms with E-state index >= 15 is 0 Å². The molecule has 3 atom stereocenters. The molecular formula is C20H30O2. The van der Waals surface area contributed by atoms with Gasteiger partial charge >= 0.3 is 0 Å². The Hall–Kier alpha value is -1.02. The van der Waals surface area contributed by atoms with E-state index in [1.54, 1.807) is 0 Å². The van der Waals surface area contributed by atoms with Gasteiger partial charge in [0.2, 0.25) is 0 Å². The van der Waals surface area contributed by atoms with Crippen molar-refractivity contribution in [3.63, 3.8) is 0 Å². The lowest BCUT2D eigenvalue weighted by Gasteiger charge is -2.56. The predicted molar refractivity (Wildman–Crippen MR) is 90.4 cm³/mol. The monoisotopic (exact) mass is 302 g/mol. The van der Waals surface area contributed by atoms with Crippen molar-refractivity contribution in [1.29, 1.82) is 0 Å². The highest BCUT2D eigenvalue weighted by Crippen LogP contribution is 2.58. The van der Waals surface area contributed by atoms with Crippen molar-refractivity contribution in [2.45, 2.75) is 77.7 Å². The van der Waals surface area contributed by atoms with Gasteiger partial charge in [0.1, 0.15) is 5.75 Å². The Balaban J connectivity index is 2.23. The van der Waals surface area contributed by atoms with Gasteiger partial charge in [-0.15, -0.1) is 0 Å². The first-order chi connectivity index (χ1) is 10.2. The molecule has 2 aliphatic rings. The largest absolute Gasteiger partial charge is 0.508 e. The van der Waals surface area contributed by atoms with Crippen molar-refractivity contribution in [1.82, 2.24) is 0 Å². The van der Waals surface area contributed by atoms with Gasteiger partial charge in [0.25, 0.3) is 0 Å². The number of fused-ring (bicyclic) bond motifs is 3. The number of aliphatic hydroxyl groups is 1. The summed E-state index contributed by atoms with van der Waals surface area (Å²) in [5.41, 5.74) is 3.81. The number of aromatic hydroxyl groups is 1. The first kappa shape index (κ1) is 15.9. The molecule has 1 aromatic carbocycles. The third kappa shape index (κ3) is 2.11. The minimum atomic E-state index is -0.313. The van der Waals surface area contributed by atoms with E-state index in [2.05, 4.69) is 40.7 Å². The molecule has 0 spiro atoms. The lowest BCUT2D eigenvalue weighted by molar-refractivity contribution is -0.0536. The van der Waals surface area contributed by atoms with Gasteiger partial charge in [0, 0.05) is 0 Å². The van der Waals surface area contributed by atoms with Gasteiger partial charge in [0.05, 0.1) is 6.10 Å². The zero-order chi connectivity index (χ0) is 16.3. The highest BCUT2D eigenvalue weighted by Gasteiger charge is 2.54. The summed E-state index contributed by atoms with van der Waals surface area (Å²) in [6, 6.07) is 3.99. The topological polar surface area (TPSA) is 40.5 Å². The smallest absolute Gasteiger partial charge is 0.119 e. The van der Waals surface area contributed by atoms with E-state index in [9.17, 15) is 10.2 Å². The van der Waals surface area contributed by atoms with E-state index in [0.717, 1.165) is 12.0 Å². The molecule has 0 bridgehead atoms. The normalized spacial score (nSPS) is 33.4. The number of phenolic OH excluding ortho intramolecular Hbond substituents is 1. The minimum absolute atomic E-state index is 0.0199. The SMILES string of the molecule is CC(C)c1c(O)ccc2c1CC(O)C1C(C)(C)CCCC21C. The van der Waals surface area contributed by atoms with Gasteiger partial charge in [0.15, 0.2) is 0 Å². The molecule has 3 unspecified atom stereocenters. The molecule has 0 heterocycles. The molecule has 3 rings (SSSR count). The summed E-state index contributed by atoms with van der Waals surface area (Å²) in [4.78, 5) is 0. The van der Waals surface area contributed by atoms with Gasteiger partial charge in [-0.3, -0.25) is 0 Å². The van der Waals surface area contributed by atoms with Crippen molar-refractivity contribution in [2.75, 3.05) is 0 Å². The zero-order valence-electron chi connectivity index (χ0n) is 14.6. The zero-order valence-corrected chi connectivity index (χ0v) is 14.6. The van der Waals surface area contributed by atoms with Gasteiger partial charge in [-0.2, -0.15) is 0 Å². The summed E-state index contributed by atoms with van der Waals surface area (Å²) in [7, 11) is 0. The number of phenols is 1. The average molecular weight is 302 g/mol. The second kappa shape index (κ2) is 4.99. The molecule has 1 fully saturated rings. The molecule has 0 aromatic heterocycles. The van der Waals surface area contributed by atoms with Crippen molar-refractivity contribution >= 4 is 0 Å². The van der Waals surface area contributed by atoms with Crippen LogP contribution in [0, 0.1) is 11.3 Å². The maximum Gasteiger partial charge on any atom is 0.119 e. The van der Waals surface area contributed by atoms with Crippen LogP contribution in [-0.4, -0.2) is 16.3 Å². The Bertz CT molecular complexity index is 588. The number of aliphatic hydroxyl groups excluding tert-OH is 1. The molecule has 22 heavy (non-hydrogen) atoms. The fourth-order valence-electron chi connectivity index (χ4n) is 5.71. The third-order valence-corrected chi connectivity index (χ3v) is 6.37.